The monoisotopic (exact) mass is 876 g/mol. The zero-order valence-electron chi connectivity index (χ0n) is 34.6. The van der Waals surface area contributed by atoms with Crippen molar-refractivity contribution in [3.63, 3.8) is 0 Å². The molecule has 2 aromatic heterocycles. The van der Waals surface area contributed by atoms with Gasteiger partial charge in [0.05, 0.1) is 0 Å². The average Bonchev–Trinajstić information content (AvgIpc) is 3.94. The van der Waals surface area contributed by atoms with Crippen molar-refractivity contribution in [1.82, 2.24) is 0 Å². The second kappa shape index (κ2) is 15.4. The molecule has 2 heterocycles. The fourth-order valence-corrected chi connectivity index (χ4v) is 28.5. The Morgan fingerprint density at radius 3 is 1.27 bits per heavy atom. The maximum absolute atomic E-state index is 6.64. The van der Waals surface area contributed by atoms with Crippen LogP contribution in [0.3, 0.4) is 0 Å². The Labute approximate surface area is 349 Å². The SMILES string of the molecule is CCc1ccccc1-c1c(C)c(C)cc2c1C=C(c1ccc(C)o1)[CH]2[Zr]([CH3])([CH3])(=[SiH2])[CH]1C(c2ccc(C)o2)=Cc2c1cc(C)c(C)c2-c1ccccc1CC.Cl.Cl. The van der Waals surface area contributed by atoms with Crippen LogP contribution in [-0.2, 0) is 30.2 Å². The summed E-state index contributed by atoms with van der Waals surface area (Å²) < 4.78 is 19.2. The van der Waals surface area contributed by atoms with Gasteiger partial charge in [-0.15, -0.1) is 24.8 Å². The van der Waals surface area contributed by atoms with Gasteiger partial charge in [0.25, 0.3) is 0 Å². The number of furan rings is 2. The molecular formula is C50H56Cl2O2SiZr. The molecule has 0 spiro atoms. The number of rotatable bonds is 8. The molecule has 0 amide bonds. The Morgan fingerprint density at radius 2 is 0.929 bits per heavy atom. The third-order valence-corrected chi connectivity index (χ3v) is 30.2. The minimum absolute atomic E-state index is 0. The standard InChI is InChI=1S/2C24H23O.2CH3.2ClH.H2Si.Zr/c2*1-5-18-8-6-7-9-21(18)24-17(4)15(2)12-19-13-20(14-22(19)24)23-11-10-16(3)25-23;;;;;;/h2*6-14H,5H2,1-4H3;2*1H3;2*1H;1H2;. The van der Waals surface area contributed by atoms with Gasteiger partial charge in [-0.25, -0.2) is 0 Å². The molecule has 0 aliphatic heterocycles. The summed E-state index contributed by atoms with van der Waals surface area (Å²) in [6.45, 7) is 20.4. The number of halogens is 2. The molecule has 0 saturated heterocycles. The second-order valence-electron chi connectivity index (χ2n) is 17.2. The minimum atomic E-state index is -4.24. The molecule has 0 fully saturated rings. The van der Waals surface area contributed by atoms with Crippen LogP contribution in [0.4, 0.5) is 0 Å². The summed E-state index contributed by atoms with van der Waals surface area (Å²) in [5.74, 6) is 3.91. The van der Waals surface area contributed by atoms with Crippen molar-refractivity contribution in [2.45, 2.75) is 84.7 Å². The van der Waals surface area contributed by atoms with E-state index in [0.717, 1.165) is 35.9 Å². The summed E-state index contributed by atoms with van der Waals surface area (Å²) >= 11 is -4.24. The number of hydrogen-bond acceptors (Lipinski definition) is 2. The van der Waals surface area contributed by atoms with E-state index in [1.54, 1.807) is 0 Å². The number of hydrogen-bond donors (Lipinski definition) is 0. The van der Waals surface area contributed by atoms with Gasteiger partial charge in [0, 0.05) is 0 Å². The van der Waals surface area contributed by atoms with Crippen molar-refractivity contribution in [3.05, 3.63) is 164 Å². The molecule has 0 bridgehead atoms. The van der Waals surface area contributed by atoms with Gasteiger partial charge in [-0.05, 0) is 0 Å². The first-order valence-electron chi connectivity index (χ1n) is 19.8. The molecule has 56 heavy (non-hydrogen) atoms. The van der Waals surface area contributed by atoms with Crippen LogP contribution in [-0.4, -0.2) is 6.88 Å². The van der Waals surface area contributed by atoms with Crippen LogP contribution in [0, 0.1) is 41.5 Å². The van der Waals surface area contributed by atoms with Crippen LogP contribution >= 0.6 is 24.8 Å². The van der Waals surface area contributed by atoms with Gasteiger partial charge in [-0.3, -0.25) is 0 Å². The maximum atomic E-state index is 6.64. The summed E-state index contributed by atoms with van der Waals surface area (Å²) in [6.07, 6.45) is 7.05. The van der Waals surface area contributed by atoms with Crippen molar-refractivity contribution < 1.29 is 26.2 Å². The topological polar surface area (TPSA) is 26.3 Å². The first kappa shape index (κ1) is 42.2. The van der Waals surface area contributed by atoms with Gasteiger partial charge < -0.3 is 0 Å². The molecule has 0 saturated carbocycles. The van der Waals surface area contributed by atoms with E-state index in [1.807, 2.05) is 0 Å². The van der Waals surface area contributed by atoms with E-state index in [4.69, 9.17) is 8.83 Å². The summed E-state index contributed by atoms with van der Waals surface area (Å²) in [6, 6.07) is 31.9. The zero-order valence-corrected chi connectivity index (χ0v) is 40.2. The van der Waals surface area contributed by atoms with Crippen LogP contribution in [0.15, 0.2) is 93.8 Å². The predicted molar refractivity (Wildman–Crippen MR) is 244 cm³/mol. The summed E-state index contributed by atoms with van der Waals surface area (Å²) in [7, 11) is 0. The number of aryl methyl sites for hydroxylation is 6. The average molecular weight is 879 g/mol. The zero-order chi connectivity index (χ0) is 38.3. The van der Waals surface area contributed by atoms with Crippen LogP contribution in [0.5, 0.6) is 0 Å². The number of fused-ring (bicyclic) bond motifs is 2. The van der Waals surface area contributed by atoms with E-state index in [-0.39, 0.29) is 32.1 Å². The molecule has 6 heteroatoms. The van der Waals surface area contributed by atoms with Crippen LogP contribution in [0.1, 0.15) is 99.8 Å². The third kappa shape index (κ3) is 6.67. The Bertz CT molecular complexity index is 2470. The molecule has 290 valence electrons. The molecule has 2 nitrogen and oxygen atoms in total. The number of benzene rings is 4. The van der Waals surface area contributed by atoms with E-state index in [0.29, 0.717) is 0 Å². The molecular weight excluding hydrogens is 823 g/mol. The van der Waals surface area contributed by atoms with Crippen molar-refractivity contribution in [3.8, 4) is 22.3 Å². The Kier molecular flexibility index (Phi) is 11.6. The number of allylic oxidation sites excluding steroid dienone is 2. The van der Waals surface area contributed by atoms with E-state index < -0.39 is 17.4 Å². The van der Waals surface area contributed by atoms with Gasteiger partial charge in [0.1, 0.15) is 0 Å². The fraction of sp³-hybridized carbons (Fsp3) is 0.280. The smallest absolute Gasteiger partial charge is 0.147 e. The molecule has 0 radical (unpaired) electrons. The molecule has 0 N–H and O–H groups in total. The normalized spacial score (nSPS) is 16.1. The molecule has 2 aliphatic rings. The molecule has 4 aromatic carbocycles. The van der Waals surface area contributed by atoms with Gasteiger partial charge in [-0.2, -0.15) is 0 Å². The Hall–Kier alpha value is -3.40. The van der Waals surface area contributed by atoms with Gasteiger partial charge in [0.15, 0.2) is 0 Å². The van der Waals surface area contributed by atoms with Crippen LogP contribution < -0.4 is 0 Å². The Balaban J connectivity index is 0.00000266. The summed E-state index contributed by atoms with van der Waals surface area (Å²) in [5.41, 5.74) is 22.1. The van der Waals surface area contributed by atoms with Crippen molar-refractivity contribution in [2.24, 2.45) is 0 Å². The van der Waals surface area contributed by atoms with E-state index >= 15 is 0 Å². The van der Waals surface area contributed by atoms with Gasteiger partial charge in [0.2, 0.25) is 0 Å². The fourth-order valence-electron chi connectivity index (χ4n) is 10.2. The first-order valence-corrected chi connectivity index (χ1v) is 33.5. The first-order chi connectivity index (χ1) is 25.7. The maximum Gasteiger partial charge on any atom is -0.147 e. The molecule has 2 atom stereocenters. The summed E-state index contributed by atoms with van der Waals surface area (Å²) in [4.78, 5) is 0. The van der Waals surface area contributed by atoms with Gasteiger partial charge >= 0.3 is 327 Å². The van der Waals surface area contributed by atoms with Crippen LogP contribution in [0.2, 0.25) is 9.26 Å². The largest absolute Gasteiger partial charge is 0.147 e. The Morgan fingerprint density at radius 1 is 0.554 bits per heavy atom. The van der Waals surface area contributed by atoms with Crippen molar-refractivity contribution in [2.75, 3.05) is 0 Å². The molecule has 8 rings (SSSR count). The van der Waals surface area contributed by atoms with Crippen molar-refractivity contribution >= 4 is 55.0 Å². The second-order valence-corrected chi connectivity index (χ2v) is 47.7. The predicted octanol–water partition coefficient (Wildman–Crippen LogP) is 14.3. The van der Waals surface area contributed by atoms with Crippen LogP contribution in [0.25, 0.3) is 45.6 Å². The molecule has 2 aliphatic carbocycles. The molecule has 6 aromatic rings. The van der Waals surface area contributed by atoms with E-state index in [1.165, 1.54) is 89.0 Å². The van der Waals surface area contributed by atoms with Gasteiger partial charge in [-0.1, -0.05) is 0 Å². The van der Waals surface area contributed by atoms with Crippen molar-refractivity contribution in [1.29, 1.82) is 0 Å². The molecule has 2 unspecified atom stereocenters. The van der Waals surface area contributed by atoms with E-state index in [9.17, 15) is 0 Å². The van der Waals surface area contributed by atoms with E-state index in [2.05, 4.69) is 169 Å². The minimum Gasteiger partial charge on any atom is -0.147 e. The third-order valence-electron chi connectivity index (χ3n) is 13.0. The quantitative estimate of drug-likeness (QED) is 0.142. The summed E-state index contributed by atoms with van der Waals surface area (Å²) in [5, 5.41) is 0.